The first-order valence-corrected chi connectivity index (χ1v) is 3.78. The van der Waals surface area contributed by atoms with Gasteiger partial charge in [0.05, 0.1) is 11.4 Å². The Hall–Kier alpha value is -0.210. The number of alkyl halides is 4. The molecule has 0 amide bonds. The molecule has 0 aliphatic heterocycles. The fraction of sp³-hybridized carbons (Fsp3) is 1.00. The maximum absolute atomic E-state index is 12.1. The van der Waals surface area contributed by atoms with E-state index >= 15 is 0 Å². The van der Waals surface area contributed by atoms with Crippen LogP contribution in [0.15, 0.2) is 0 Å². The summed E-state index contributed by atoms with van der Waals surface area (Å²) in [5, 5.41) is 0. The molecule has 0 aromatic rings. The lowest BCUT2D eigenvalue weighted by Gasteiger charge is -2.11. The Kier molecular flexibility index (Phi) is 4.64. The molecule has 0 aromatic carbocycles. The average molecular weight is 209 g/mol. The third-order valence-corrected chi connectivity index (χ3v) is 1.20. The minimum Gasteiger partial charge on any atom is -0.750 e. The summed E-state index contributed by atoms with van der Waals surface area (Å²) in [5.74, 6) is 0. The highest BCUT2D eigenvalue weighted by molar-refractivity contribution is 7.74. The third-order valence-electron chi connectivity index (χ3n) is 0.838. The molecular formula is C4H5F4O3S-. The standard InChI is InChI=1S/C4H6F4O3S/c5-3(11-12(9)10)1-2-4(6,7)8/h3H,1-2H2,(H,9,10)/p-1. The van der Waals surface area contributed by atoms with E-state index in [0.29, 0.717) is 0 Å². The van der Waals surface area contributed by atoms with Crippen LogP contribution in [-0.2, 0) is 15.5 Å². The molecule has 0 aromatic heterocycles. The molecule has 0 saturated carbocycles. The van der Waals surface area contributed by atoms with Crippen LogP contribution in [0.1, 0.15) is 12.8 Å². The van der Waals surface area contributed by atoms with Crippen molar-refractivity contribution in [2.24, 2.45) is 0 Å². The molecule has 0 N–H and O–H groups in total. The van der Waals surface area contributed by atoms with Crippen molar-refractivity contribution in [1.29, 1.82) is 0 Å². The Morgan fingerprint density at radius 3 is 2.33 bits per heavy atom. The number of hydrogen-bond acceptors (Lipinski definition) is 3. The summed E-state index contributed by atoms with van der Waals surface area (Å²) in [5.41, 5.74) is 0. The molecule has 2 atom stereocenters. The first kappa shape index (κ1) is 11.8. The summed E-state index contributed by atoms with van der Waals surface area (Å²) in [4.78, 5) is 0. The average Bonchev–Trinajstić information content (AvgIpc) is 1.80. The minimum atomic E-state index is -4.50. The Balaban J connectivity index is 3.57. The smallest absolute Gasteiger partial charge is 0.389 e. The largest absolute Gasteiger partial charge is 0.750 e. The van der Waals surface area contributed by atoms with E-state index in [-0.39, 0.29) is 0 Å². The van der Waals surface area contributed by atoms with E-state index in [1.54, 1.807) is 0 Å². The lowest BCUT2D eigenvalue weighted by atomic mass is 10.3. The van der Waals surface area contributed by atoms with Crippen molar-refractivity contribution in [3.05, 3.63) is 0 Å². The Bertz CT molecular complexity index is 159. The van der Waals surface area contributed by atoms with Gasteiger partial charge in [0.1, 0.15) is 0 Å². The summed E-state index contributed by atoms with van der Waals surface area (Å²) < 4.78 is 68.8. The number of hydrogen-bond donors (Lipinski definition) is 0. The van der Waals surface area contributed by atoms with Gasteiger partial charge in [0.25, 0.3) is 0 Å². The molecule has 0 aliphatic carbocycles. The van der Waals surface area contributed by atoms with Crippen molar-refractivity contribution in [1.82, 2.24) is 0 Å². The summed E-state index contributed by atoms with van der Waals surface area (Å²) in [6.45, 7) is 0. The van der Waals surface area contributed by atoms with E-state index in [9.17, 15) is 26.3 Å². The normalized spacial score (nSPS) is 17.4. The molecule has 0 aliphatic rings. The zero-order valence-electron chi connectivity index (χ0n) is 5.64. The lowest BCUT2D eigenvalue weighted by Crippen LogP contribution is -2.14. The topological polar surface area (TPSA) is 49.4 Å². The van der Waals surface area contributed by atoms with E-state index in [2.05, 4.69) is 4.18 Å². The van der Waals surface area contributed by atoms with Crippen LogP contribution < -0.4 is 0 Å². The van der Waals surface area contributed by atoms with Crippen LogP contribution in [0.2, 0.25) is 0 Å². The van der Waals surface area contributed by atoms with Gasteiger partial charge in [-0.15, -0.1) is 0 Å². The summed E-state index contributed by atoms with van der Waals surface area (Å²) >= 11 is -3.12. The van der Waals surface area contributed by atoms with Gasteiger partial charge in [0.2, 0.25) is 6.36 Å². The van der Waals surface area contributed by atoms with Gasteiger partial charge in [0.15, 0.2) is 0 Å². The monoisotopic (exact) mass is 209 g/mol. The summed E-state index contributed by atoms with van der Waals surface area (Å²) in [6, 6.07) is 0. The van der Waals surface area contributed by atoms with Crippen molar-refractivity contribution in [2.45, 2.75) is 25.4 Å². The highest BCUT2D eigenvalue weighted by Gasteiger charge is 2.28. The van der Waals surface area contributed by atoms with Crippen LogP contribution in [0.5, 0.6) is 0 Å². The van der Waals surface area contributed by atoms with E-state index in [4.69, 9.17) is 0 Å². The second-order valence-corrected chi connectivity index (χ2v) is 2.46. The fourth-order valence-electron chi connectivity index (χ4n) is 0.411. The Labute approximate surface area is 68.2 Å². The summed E-state index contributed by atoms with van der Waals surface area (Å²) in [6.07, 6.45) is -9.36. The highest BCUT2D eigenvalue weighted by atomic mass is 32.2. The van der Waals surface area contributed by atoms with Gasteiger partial charge in [-0.2, -0.15) is 13.2 Å². The second-order valence-electron chi connectivity index (χ2n) is 1.86. The number of halogens is 4. The van der Waals surface area contributed by atoms with E-state index < -0.39 is 36.7 Å². The molecule has 0 fully saturated rings. The van der Waals surface area contributed by atoms with Crippen molar-refractivity contribution in [3.63, 3.8) is 0 Å². The van der Waals surface area contributed by atoms with Gasteiger partial charge >= 0.3 is 6.18 Å². The molecule has 0 spiro atoms. The lowest BCUT2D eigenvalue weighted by molar-refractivity contribution is -0.143. The molecular weight excluding hydrogens is 204 g/mol. The first-order chi connectivity index (χ1) is 5.31. The summed E-state index contributed by atoms with van der Waals surface area (Å²) in [7, 11) is 0. The van der Waals surface area contributed by atoms with Gasteiger partial charge in [-0.1, -0.05) is 0 Å². The quantitative estimate of drug-likeness (QED) is 0.519. The van der Waals surface area contributed by atoms with Crippen LogP contribution in [-0.4, -0.2) is 21.3 Å². The predicted octanol–water partition coefficient (Wildman–Crippen LogP) is 1.44. The van der Waals surface area contributed by atoms with Gasteiger partial charge in [-0.25, -0.2) is 8.60 Å². The van der Waals surface area contributed by atoms with Crippen molar-refractivity contribution < 1.29 is 30.5 Å². The maximum atomic E-state index is 12.1. The molecule has 0 saturated heterocycles. The molecule has 12 heavy (non-hydrogen) atoms. The van der Waals surface area contributed by atoms with Crippen LogP contribution in [0.25, 0.3) is 0 Å². The SMILES string of the molecule is O=S([O-])OC(F)CCC(F)(F)F. The minimum absolute atomic E-state index is 1.02. The van der Waals surface area contributed by atoms with Crippen LogP contribution in [0.3, 0.4) is 0 Å². The number of rotatable bonds is 4. The maximum Gasteiger partial charge on any atom is 0.389 e. The highest BCUT2D eigenvalue weighted by Crippen LogP contribution is 2.23. The van der Waals surface area contributed by atoms with Crippen LogP contribution in [0, 0.1) is 0 Å². The Morgan fingerprint density at radius 1 is 1.50 bits per heavy atom. The third kappa shape index (κ3) is 7.89. The molecule has 0 bridgehead atoms. The van der Waals surface area contributed by atoms with Crippen molar-refractivity contribution >= 4 is 11.4 Å². The fourth-order valence-corrected chi connectivity index (χ4v) is 0.677. The van der Waals surface area contributed by atoms with Crippen molar-refractivity contribution in [2.75, 3.05) is 0 Å². The zero-order chi connectivity index (χ0) is 9.78. The van der Waals surface area contributed by atoms with Crippen LogP contribution in [0.4, 0.5) is 17.6 Å². The van der Waals surface area contributed by atoms with Gasteiger partial charge in [-0.05, 0) is 0 Å². The molecule has 8 heteroatoms. The molecule has 0 radical (unpaired) electrons. The van der Waals surface area contributed by atoms with Gasteiger partial charge in [0, 0.05) is 12.8 Å². The van der Waals surface area contributed by atoms with E-state index in [0.717, 1.165) is 0 Å². The molecule has 3 nitrogen and oxygen atoms in total. The molecule has 0 rings (SSSR count). The molecule has 2 unspecified atom stereocenters. The molecule has 74 valence electrons. The van der Waals surface area contributed by atoms with E-state index in [1.165, 1.54) is 0 Å². The van der Waals surface area contributed by atoms with E-state index in [1.807, 2.05) is 0 Å². The molecule has 0 heterocycles. The van der Waals surface area contributed by atoms with Crippen molar-refractivity contribution in [3.8, 4) is 0 Å². The van der Waals surface area contributed by atoms with Gasteiger partial charge in [-0.3, -0.25) is 4.18 Å². The predicted molar refractivity (Wildman–Crippen MR) is 30.2 cm³/mol. The first-order valence-electron chi connectivity index (χ1n) is 2.78. The van der Waals surface area contributed by atoms with Gasteiger partial charge < -0.3 is 4.55 Å². The van der Waals surface area contributed by atoms with Crippen LogP contribution >= 0.6 is 0 Å². The Morgan fingerprint density at radius 2 is 2.00 bits per heavy atom. The second kappa shape index (κ2) is 4.73. The zero-order valence-corrected chi connectivity index (χ0v) is 6.45.